The quantitative estimate of drug-likeness (QED) is 0.240. The Hall–Kier alpha value is -0.750. The molecule has 1 saturated heterocycles. The van der Waals surface area contributed by atoms with E-state index in [9.17, 15) is 17.6 Å². The number of hydrogen-bond acceptors (Lipinski definition) is 3. The largest absolute Gasteiger partial charge is 0.401 e. The van der Waals surface area contributed by atoms with E-state index in [2.05, 4.69) is 15.6 Å². The lowest BCUT2D eigenvalue weighted by Gasteiger charge is -2.20. The first-order chi connectivity index (χ1) is 12.8. The van der Waals surface area contributed by atoms with Crippen LogP contribution in [0.3, 0.4) is 0 Å². The van der Waals surface area contributed by atoms with Crippen LogP contribution in [-0.2, 0) is 12.3 Å². The number of benzene rings is 1. The molecule has 4 nitrogen and oxygen atoms in total. The second-order valence-electron chi connectivity index (χ2n) is 6.52. The van der Waals surface area contributed by atoms with Gasteiger partial charge in [-0.3, -0.25) is 4.90 Å². The summed E-state index contributed by atoms with van der Waals surface area (Å²) >= 11 is 1.61. The van der Waals surface area contributed by atoms with E-state index < -0.39 is 12.7 Å². The highest BCUT2D eigenvalue weighted by Crippen LogP contribution is 2.20. The van der Waals surface area contributed by atoms with E-state index in [0.717, 1.165) is 11.1 Å². The highest BCUT2D eigenvalue weighted by atomic mass is 127. The first-order valence-corrected chi connectivity index (χ1v) is 10.3. The van der Waals surface area contributed by atoms with Crippen LogP contribution in [0.4, 0.5) is 17.6 Å². The highest BCUT2D eigenvalue weighted by molar-refractivity contribution is 14.0. The molecule has 2 N–H and O–H groups in total. The zero-order chi connectivity index (χ0) is 19.9. The standard InChI is InChI=1S/C18H26F4N4S.HI/c1-3-23-17(25-16-6-7-26(10-16)12-18(20,21)22)24-9-13-4-5-15(19)8-14(13)11-27-2;/h4-5,8,16H,3,6-7,9-12H2,1-2H3,(H2,23,24,25);1H. The lowest BCUT2D eigenvalue weighted by atomic mass is 10.1. The molecule has 0 spiro atoms. The predicted octanol–water partition coefficient (Wildman–Crippen LogP) is 4.00. The Morgan fingerprint density at radius 3 is 2.71 bits per heavy atom. The summed E-state index contributed by atoms with van der Waals surface area (Å²) in [7, 11) is 0. The summed E-state index contributed by atoms with van der Waals surface area (Å²) in [6.07, 6.45) is -1.59. The van der Waals surface area contributed by atoms with Crippen LogP contribution >= 0.6 is 35.7 Å². The second-order valence-corrected chi connectivity index (χ2v) is 7.39. The molecule has 0 aromatic heterocycles. The molecule has 10 heteroatoms. The summed E-state index contributed by atoms with van der Waals surface area (Å²) in [5, 5.41) is 6.34. The summed E-state index contributed by atoms with van der Waals surface area (Å²) in [5.74, 6) is 0.991. The number of nitrogens with one attached hydrogen (secondary N) is 2. The zero-order valence-corrected chi connectivity index (χ0v) is 19.1. The number of alkyl halides is 3. The third-order valence-corrected chi connectivity index (χ3v) is 4.84. The molecular weight excluding hydrogens is 507 g/mol. The first kappa shape index (κ1) is 25.3. The van der Waals surface area contributed by atoms with Gasteiger partial charge in [-0.05, 0) is 42.9 Å². The Balaban J connectivity index is 0.00000392. The topological polar surface area (TPSA) is 39.7 Å². The third-order valence-electron chi connectivity index (χ3n) is 4.24. The third kappa shape index (κ3) is 8.73. The van der Waals surface area contributed by atoms with Crippen LogP contribution in [0.1, 0.15) is 24.5 Å². The molecule has 1 fully saturated rings. The number of aliphatic imine (C=N–C) groups is 1. The molecule has 0 amide bonds. The fourth-order valence-electron chi connectivity index (χ4n) is 3.06. The number of halogens is 5. The van der Waals surface area contributed by atoms with Crippen molar-refractivity contribution >= 4 is 41.7 Å². The van der Waals surface area contributed by atoms with Gasteiger partial charge in [-0.1, -0.05) is 6.07 Å². The van der Waals surface area contributed by atoms with Gasteiger partial charge >= 0.3 is 6.18 Å². The van der Waals surface area contributed by atoms with Crippen molar-refractivity contribution in [2.24, 2.45) is 4.99 Å². The van der Waals surface area contributed by atoms with Crippen molar-refractivity contribution in [3.63, 3.8) is 0 Å². The van der Waals surface area contributed by atoms with Crippen molar-refractivity contribution < 1.29 is 17.6 Å². The first-order valence-electron chi connectivity index (χ1n) is 8.91. The van der Waals surface area contributed by atoms with Crippen LogP contribution in [0.5, 0.6) is 0 Å². The molecule has 1 aromatic rings. The number of nitrogens with zero attached hydrogens (tertiary/aromatic N) is 2. The van der Waals surface area contributed by atoms with Gasteiger partial charge in [0.15, 0.2) is 5.96 Å². The van der Waals surface area contributed by atoms with E-state index in [-0.39, 0.29) is 35.8 Å². The fraction of sp³-hybridized carbons (Fsp3) is 0.611. The van der Waals surface area contributed by atoms with Crippen molar-refractivity contribution in [1.82, 2.24) is 15.5 Å². The van der Waals surface area contributed by atoms with Gasteiger partial charge in [0.1, 0.15) is 5.82 Å². The monoisotopic (exact) mass is 534 g/mol. The molecule has 1 aliphatic heterocycles. The van der Waals surface area contributed by atoms with Gasteiger partial charge in [0.2, 0.25) is 0 Å². The van der Waals surface area contributed by atoms with Crippen molar-refractivity contribution in [3.05, 3.63) is 35.1 Å². The molecule has 0 bridgehead atoms. The number of rotatable bonds is 7. The maximum absolute atomic E-state index is 13.5. The van der Waals surface area contributed by atoms with Crippen molar-refractivity contribution in [2.45, 2.75) is 37.9 Å². The molecule has 160 valence electrons. The van der Waals surface area contributed by atoms with Gasteiger partial charge in [-0.15, -0.1) is 24.0 Å². The van der Waals surface area contributed by atoms with Gasteiger partial charge < -0.3 is 10.6 Å². The lowest BCUT2D eigenvalue weighted by Crippen LogP contribution is -2.45. The molecule has 1 aromatic carbocycles. The molecule has 1 unspecified atom stereocenters. The predicted molar refractivity (Wildman–Crippen MR) is 118 cm³/mol. The van der Waals surface area contributed by atoms with Crippen LogP contribution in [0.2, 0.25) is 0 Å². The molecule has 28 heavy (non-hydrogen) atoms. The Morgan fingerprint density at radius 2 is 2.07 bits per heavy atom. The van der Waals surface area contributed by atoms with E-state index in [1.54, 1.807) is 17.8 Å². The smallest absolute Gasteiger partial charge is 0.357 e. The van der Waals surface area contributed by atoms with Gasteiger partial charge in [0.25, 0.3) is 0 Å². The number of thioether (sulfide) groups is 1. The van der Waals surface area contributed by atoms with E-state index in [0.29, 0.717) is 44.3 Å². The van der Waals surface area contributed by atoms with Crippen molar-refractivity contribution in [1.29, 1.82) is 0 Å². The Labute approximate surface area is 184 Å². The number of guanidine groups is 1. The summed E-state index contributed by atoms with van der Waals surface area (Å²) < 4.78 is 51.0. The minimum absolute atomic E-state index is 0. The molecule has 0 saturated carbocycles. The normalized spacial score (nSPS) is 18.1. The van der Waals surface area contributed by atoms with Gasteiger partial charge in [0.05, 0.1) is 13.1 Å². The van der Waals surface area contributed by atoms with Gasteiger partial charge in [-0.25, -0.2) is 9.38 Å². The SMILES string of the molecule is CCNC(=NCc1ccc(F)cc1CSC)NC1CCN(CC(F)(F)F)C1.I. The van der Waals surface area contributed by atoms with Crippen LogP contribution in [-0.4, -0.2) is 55.5 Å². The van der Waals surface area contributed by atoms with Gasteiger partial charge in [0, 0.05) is 31.4 Å². The fourth-order valence-corrected chi connectivity index (χ4v) is 3.64. The Morgan fingerprint density at radius 1 is 1.32 bits per heavy atom. The average molecular weight is 534 g/mol. The summed E-state index contributed by atoms with van der Waals surface area (Å²) in [6.45, 7) is 2.81. The van der Waals surface area contributed by atoms with E-state index in [4.69, 9.17) is 0 Å². The minimum atomic E-state index is -4.18. The lowest BCUT2D eigenvalue weighted by molar-refractivity contribution is -0.143. The summed E-state index contributed by atoms with van der Waals surface area (Å²) in [5.41, 5.74) is 1.84. The molecule has 1 aliphatic rings. The molecular formula is C18H27F4IN4S. The maximum atomic E-state index is 13.5. The minimum Gasteiger partial charge on any atom is -0.357 e. The van der Waals surface area contributed by atoms with E-state index in [1.807, 2.05) is 13.2 Å². The van der Waals surface area contributed by atoms with Crippen LogP contribution < -0.4 is 10.6 Å². The number of likely N-dealkylation sites (tertiary alicyclic amines) is 1. The highest BCUT2D eigenvalue weighted by Gasteiger charge is 2.34. The molecule has 1 heterocycles. The van der Waals surface area contributed by atoms with Crippen molar-refractivity contribution in [3.8, 4) is 0 Å². The van der Waals surface area contributed by atoms with E-state index >= 15 is 0 Å². The Bertz CT molecular complexity index is 643. The molecule has 0 radical (unpaired) electrons. The van der Waals surface area contributed by atoms with Crippen LogP contribution in [0.25, 0.3) is 0 Å². The summed E-state index contributed by atoms with van der Waals surface area (Å²) in [4.78, 5) is 5.94. The summed E-state index contributed by atoms with van der Waals surface area (Å²) in [6, 6.07) is 4.59. The second kappa shape index (κ2) is 12.1. The zero-order valence-electron chi connectivity index (χ0n) is 16.0. The Kier molecular flexibility index (Phi) is 10.9. The average Bonchev–Trinajstić information content (AvgIpc) is 2.99. The molecule has 0 aliphatic carbocycles. The van der Waals surface area contributed by atoms with Crippen molar-refractivity contribution in [2.75, 3.05) is 32.4 Å². The number of hydrogen-bond donors (Lipinski definition) is 2. The van der Waals surface area contributed by atoms with Gasteiger partial charge in [-0.2, -0.15) is 24.9 Å². The van der Waals surface area contributed by atoms with Crippen LogP contribution in [0, 0.1) is 5.82 Å². The maximum Gasteiger partial charge on any atom is 0.401 e. The molecule has 2 rings (SSSR count). The van der Waals surface area contributed by atoms with E-state index in [1.165, 1.54) is 17.0 Å². The van der Waals surface area contributed by atoms with Crippen LogP contribution in [0.15, 0.2) is 23.2 Å². The molecule has 1 atom stereocenters.